The zero-order valence-electron chi connectivity index (χ0n) is 12.6. The van der Waals surface area contributed by atoms with E-state index in [1.54, 1.807) is 24.5 Å². The van der Waals surface area contributed by atoms with Crippen LogP contribution in [0.3, 0.4) is 0 Å². The first-order chi connectivity index (χ1) is 10.1. The minimum absolute atomic E-state index is 0.135. The van der Waals surface area contributed by atoms with E-state index in [1.807, 2.05) is 19.9 Å². The summed E-state index contributed by atoms with van der Waals surface area (Å²) in [4.78, 5) is 15.8. The number of ether oxygens (including phenoxy) is 1. The van der Waals surface area contributed by atoms with Crippen LogP contribution in [0.4, 0.5) is 0 Å². The number of rotatable bonds is 5. The number of amides is 1. The van der Waals surface area contributed by atoms with Crippen LogP contribution in [0.25, 0.3) is 0 Å². The van der Waals surface area contributed by atoms with Gasteiger partial charge in [0.25, 0.3) is 5.91 Å². The third-order valence-electron chi connectivity index (χ3n) is 3.43. The predicted molar refractivity (Wildman–Crippen MR) is 82.7 cm³/mol. The van der Waals surface area contributed by atoms with E-state index in [9.17, 15) is 4.79 Å². The molecule has 0 aliphatic heterocycles. The summed E-state index contributed by atoms with van der Waals surface area (Å²) in [5.41, 5.74) is 4.01. The highest BCUT2D eigenvalue weighted by Gasteiger charge is 2.07. The third kappa shape index (κ3) is 3.81. The van der Waals surface area contributed by atoms with Gasteiger partial charge in [-0.3, -0.25) is 9.78 Å². The highest BCUT2D eigenvalue weighted by molar-refractivity contribution is 5.93. The van der Waals surface area contributed by atoms with E-state index in [1.165, 1.54) is 5.56 Å². The second-order valence-electron chi connectivity index (χ2n) is 5.00. The number of hydrogen-bond acceptors (Lipinski definition) is 3. The van der Waals surface area contributed by atoms with Gasteiger partial charge in [-0.05, 0) is 49.6 Å². The van der Waals surface area contributed by atoms with Crippen LogP contribution in [-0.2, 0) is 0 Å². The van der Waals surface area contributed by atoms with E-state index < -0.39 is 0 Å². The molecule has 1 aromatic heterocycles. The monoisotopic (exact) mass is 284 g/mol. The van der Waals surface area contributed by atoms with Crippen LogP contribution in [-0.4, -0.2) is 24.0 Å². The summed E-state index contributed by atoms with van der Waals surface area (Å²) in [7, 11) is 0. The fourth-order valence-corrected chi connectivity index (χ4v) is 2.06. The Morgan fingerprint density at radius 3 is 2.67 bits per heavy atom. The Hall–Kier alpha value is -2.36. The number of nitrogens with one attached hydrogen (secondary N) is 1. The molecule has 110 valence electrons. The van der Waals surface area contributed by atoms with Gasteiger partial charge in [0, 0.05) is 12.4 Å². The van der Waals surface area contributed by atoms with E-state index in [0.717, 1.165) is 16.9 Å². The van der Waals surface area contributed by atoms with E-state index in [0.29, 0.717) is 18.7 Å². The lowest BCUT2D eigenvalue weighted by Gasteiger charge is -2.14. The Balaban J connectivity index is 1.86. The normalized spacial score (nSPS) is 10.2. The molecule has 0 radical (unpaired) electrons. The molecule has 1 amide bonds. The number of carbonyl (C=O) groups excluding carboxylic acids is 1. The average Bonchev–Trinajstić information content (AvgIpc) is 2.51. The van der Waals surface area contributed by atoms with Gasteiger partial charge in [0.05, 0.1) is 12.1 Å². The van der Waals surface area contributed by atoms with Crippen molar-refractivity contribution in [2.24, 2.45) is 0 Å². The van der Waals surface area contributed by atoms with E-state index in [2.05, 4.69) is 23.3 Å². The fraction of sp³-hybridized carbons (Fsp3) is 0.294. The quantitative estimate of drug-likeness (QED) is 0.859. The van der Waals surface area contributed by atoms with Crippen molar-refractivity contribution >= 4 is 5.91 Å². The molecule has 1 heterocycles. The first-order valence-corrected chi connectivity index (χ1v) is 6.97. The van der Waals surface area contributed by atoms with Gasteiger partial charge >= 0.3 is 0 Å². The topological polar surface area (TPSA) is 51.2 Å². The van der Waals surface area contributed by atoms with Crippen LogP contribution >= 0.6 is 0 Å². The maximum absolute atomic E-state index is 11.8. The van der Waals surface area contributed by atoms with Crippen molar-refractivity contribution in [3.63, 3.8) is 0 Å². The standard InChI is InChI=1S/C17H20N2O2/c1-12-6-7-13(2)16(14(12)3)21-10-9-19-17(20)15-5-4-8-18-11-15/h4-8,11H,9-10H2,1-3H3,(H,19,20). The first kappa shape index (κ1) is 15.0. The summed E-state index contributed by atoms with van der Waals surface area (Å²) in [6.45, 7) is 7.03. The van der Waals surface area contributed by atoms with Crippen LogP contribution < -0.4 is 10.1 Å². The summed E-state index contributed by atoms with van der Waals surface area (Å²) >= 11 is 0. The fourth-order valence-electron chi connectivity index (χ4n) is 2.06. The number of nitrogens with zero attached hydrogens (tertiary/aromatic N) is 1. The summed E-state index contributed by atoms with van der Waals surface area (Å²) in [6, 6.07) is 7.61. The molecule has 0 fully saturated rings. The van der Waals surface area contributed by atoms with Crippen LogP contribution in [0, 0.1) is 20.8 Å². The Labute approximate surface area is 125 Å². The van der Waals surface area contributed by atoms with Crippen molar-refractivity contribution in [3.8, 4) is 5.75 Å². The van der Waals surface area contributed by atoms with Crippen LogP contribution in [0.5, 0.6) is 5.75 Å². The second-order valence-corrected chi connectivity index (χ2v) is 5.00. The van der Waals surface area contributed by atoms with E-state index in [4.69, 9.17) is 4.74 Å². The molecular weight excluding hydrogens is 264 g/mol. The number of carbonyl (C=O) groups is 1. The Morgan fingerprint density at radius 2 is 1.95 bits per heavy atom. The molecule has 1 aromatic carbocycles. The molecule has 1 N–H and O–H groups in total. The van der Waals surface area contributed by atoms with Gasteiger partial charge in [-0.15, -0.1) is 0 Å². The van der Waals surface area contributed by atoms with E-state index in [-0.39, 0.29) is 5.91 Å². The zero-order chi connectivity index (χ0) is 15.2. The van der Waals surface area contributed by atoms with Crippen LogP contribution in [0.1, 0.15) is 27.0 Å². The summed E-state index contributed by atoms with van der Waals surface area (Å²) in [5.74, 6) is 0.773. The highest BCUT2D eigenvalue weighted by atomic mass is 16.5. The van der Waals surface area contributed by atoms with Crippen molar-refractivity contribution in [3.05, 3.63) is 58.9 Å². The highest BCUT2D eigenvalue weighted by Crippen LogP contribution is 2.25. The van der Waals surface area contributed by atoms with E-state index >= 15 is 0 Å². The minimum Gasteiger partial charge on any atom is -0.491 e. The minimum atomic E-state index is -0.135. The van der Waals surface area contributed by atoms with Crippen molar-refractivity contribution in [2.45, 2.75) is 20.8 Å². The molecule has 4 heteroatoms. The van der Waals surface area contributed by atoms with Gasteiger partial charge in [0.1, 0.15) is 12.4 Å². The van der Waals surface area contributed by atoms with Crippen molar-refractivity contribution in [1.82, 2.24) is 10.3 Å². The van der Waals surface area contributed by atoms with Crippen molar-refractivity contribution in [2.75, 3.05) is 13.2 Å². The lowest BCUT2D eigenvalue weighted by Crippen LogP contribution is -2.28. The van der Waals surface area contributed by atoms with Gasteiger partial charge in [0.2, 0.25) is 0 Å². The average molecular weight is 284 g/mol. The molecule has 4 nitrogen and oxygen atoms in total. The Morgan fingerprint density at radius 1 is 1.19 bits per heavy atom. The molecule has 0 aliphatic carbocycles. The smallest absolute Gasteiger partial charge is 0.252 e. The molecule has 2 aromatic rings. The molecular formula is C17H20N2O2. The zero-order valence-corrected chi connectivity index (χ0v) is 12.6. The molecule has 0 saturated carbocycles. The van der Waals surface area contributed by atoms with Gasteiger partial charge in [0.15, 0.2) is 0 Å². The number of hydrogen-bond donors (Lipinski definition) is 1. The Kier molecular flexibility index (Phi) is 4.93. The molecule has 0 aliphatic rings. The maximum Gasteiger partial charge on any atom is 0.252 e. The van der Waals surface area contributed by atoms with Gasteiger partial charge < -0.3 is 10.1 Å². The summed E-state index contributed by atoms with van der Waals surface area (Å²) < 4.78 is 5.80. The molecule has 0 spiro atoms. The van der Waals surface area contributed by atoms with Gasteiger partial charge in [-0.1, -0.05) is 12.1 Å². The lowest BCUT2D eigenvalue weighted by atomic mass is 10.1. The van der Waals surface area contributed by atoms with Crippen LogP contribution in [0.15, 0.2) is 36.7 Å². The molecule has 0 unspecified atom stereocenters. The van der Waals surface area contributed by atoms with Crippen molar-refractivity contribution < 1.29 is 9.53 Å². The SMILES string of the molecule is Cc1ccc(C)c(OCCNC(=O)c2cccnc2)c1C. The first-order valence-electron chi connectivity index (χ1n) is 6.97. The third-order valence-corrected chi connectivity index (χ3v) is 3.43. The number of benzene rings is 1. The number of pyridine rings is 1. The van der Waals surface area contributed by atoms with Crippen LogP contribution in [0.2, 0.25) is 0 Å². The lowest BCUT2D eigenvalue weighted by molar-refractivity contribution is 0.0946. The van der Waals surface area contributed by atoms with Gasteiger partial charge in [-0.2, -0.15) is 0 Å². The molecule has 0 bridgehead atoms. The summed E-state index contributed by atoms with van der Waals surface area (Å²) in [6.07, 6.45) is 3.19. The van der Waals surface area contributed by atoms with Crippen molar-refractivity contribution in [1.29, 1.82) is 0 Å². The molecule has 0 atom stereocenters. The predicted octanol–water partition coefficient (Wildman–Crippen LogP) is 2.82. The summed E-state index contributed by atoms with van der Waals surface area (Å²) in [5, 5.41) is 2.82. The molecule has 21 heavy (non-hydrogen) atoms. The largest absolute Gasteiger partial charge is 0.491 e. The Bertz CT molecular complexity index is 624. The number of aryl methyl sites for hydroxylation is 2. The second kappa shape index (κ2) is 6.88. The van der Waals surface area contributed by atoms with Gasteiger partial charge in [-0.25, -0.2) is 0 Å². The molecule has 2 rings (SSSR count). The maximum atomic E-state index is 11.8. The molecule has 0 saturated heterocycles. The number of aromatic nitrogens is 1.